The van der Waals surface area contributed by atoms with Crippen LogP contribution in [0.5, 0.6) is 0 Å². The van der Waals surface area contributed by atoms with Crippen molar-refractivity contribution in [1.29, 1.82) is 0 Å². The second kappa shape index (κ2) is 7.25. The summed E-state index contributed by atoms with van der Waals surface area (Å²) >= 11 is 0. The van der Waals surface area contributed by atoms with E-state index in [9.17, 15) is 18.0 Å². The summed E-state index contributed by atoms with van der Waals surface area (Å²) in [6.45, 7) is -0.174. The zero-order chi connectivity index (χ0) is 15.2. The molecule has 0 saturated carbocycles. The van der Waals surface area contributed by atoms with Crippen molar-refractivity contribution in [3.05, 3.63) is 35.4 Å². The molecule has 1 aromatic carbocycles. The lowest BCUT2D eigenvalue weighted by Crippen LogP contribution is -2.41. The standard InChI is InChI=1S/C13H16F3NO3/c1-20-8-11(7-18)17-12(19)6-9-3-2-4-10(5-9)13(14,15)16/h2-5,11,18H,6-8H2,1H3,(H,17,19). The molecule has 2 N–H and O–H groups in total. The molecule has 0 aliphatic rings. The average molecular weight is 291 g/mol. The summed E-state index contributed by atoms with van der Waals surface area (Å²) in [6.07, 6.45) is -4.62. The number of nitrogens with one attached hydrogen (secondary N) is 1. The zero-order valence-corrected chi connectivity index (χ0v) is 10.9. The molecule has 0 heterocycles. The number of aliphatic hydroxyl groups excluding tert-OH is 1. The fourth-order valence-corrected chi connectivity index (χ4v) is 1.66. The number of hydrogen-bond donors (Lipinski definition) is 2. The SMILES string of the molecule is COCC(CO)NC(=O)Cc1cccc(C(F)(F)F)c1. The molecular weight excluding hydrogens is 275 g/mol. The fourth-order valence-electron chi connectivity index (χ4n) is 1.66. The van der Waals surface area contributed by atoms with Gasteiger partial charge in [-0.2, -0.15) is 13.2 Å². The van der Waals surface area contributed by atoms with Crippen molar-refractivity contribution in [2.24, 2.45) is 0 Å². The Labute approximate surface area is 114 Å². The summed E-state index contributed by atoms with van der Waals surface area (Å²) in [5.41, 5.74) is -0.537. The topological polar surface area (TPSA) is 58.6 Å². The Kier molecular flexibility index (Phi) is 5.97. The lowest BCUT2D eigenvalue weighted by Gasteiger charge is -2.15. The van der Waals surface area contributed by atoms with Crippen LogP contribution in [0.25, 0.3) is 0 Å². The summed E-state index contributed by atoms with van der Waals surface area (Å²) in [5.74, 6) is -0.472. The number of methoxy groups -OCH3 is 1. The number of halogens is 3. The maximum atomic E-state index is 12.5. The normalized spacial score (nSPS) is 13.1. The van der Waals surface area contributed by atoms with E-state index in [4.69, 9.17) is 9.84 Å². The summed E-state index contributed by atoms with van der Waals surface area (Å²) in [7, 11) is 1.42. The van der Waals surface area contributed by atoms with E-state index >= 15 is 0 Å². The minimum atomic E-state index is -4.43. The van der Waals surface area contributed by atoms with Gasteiger partial charge in [-0.15, -0.1) is 0 Å². The summed E-state index contributed by atoms with van der Waals surface area (Å²) in [4.78, 5) is 11.7. The molecule has 0 saturated heterocycles. The van der Waals surface area contributed by atoms with E-state index in [1.807, 2.05) is 0 Å². The first kappa shape index (κ1) is 16.5. The van der Waals surface area contributed by atoms with E-state index in [0.29, 0.717) is 0 Å². The lowest BCUT2D eigenvalue weighted by molar-refractivity contribution is -0.137. The fraction of sp³-hybridized carbons (Fsp3) is 0.462. The molecule has 1 aromatic rings. The molecule has 4 nitrogen and oxygen atoms in total. The number of carbonyl (C=O) groups excluding carboxylic acids is 1. The first-order valence-corrected chi connectivity index (χ1v) is 5.92. The maximum absolute atomic E-state index is 12.5. The van der Waals surface area contributed by atoms with E-state index in [2.05, 4.69) is 5.32 Å². The number of amides is 1. The highest BCUT2D eigenvalue weighted by atomic mass is 19.4. The molecular formula is C13H16F3NO3. The molecule has 1 rings (SSSR count). The molecule has 20 heavy (non-hydrogen) atoms. The van der Waals surface area contributed by atoms with Gasteiger partial charge in [-0.05, 0) is 11.6 Å². The predicted molar refractivity (Wildman–Crippen MR) is 66.0 cm³/mol. The van der Waals surface area contributed by atoms with Crippen LogP contribution < -0.4 is 5.32 Å². The molecule has 1 amide bonds. The summed E-state index contributed by atoms with van der Waals surface area (Å²) in [6, 6.07) is 4.01. The first-order chi connectivity index (χ1) is 9.36. The van der Waals surface area contributed by atoms with Crippen molar-refractivity contribution in [2.75, 3.05) is 20.3 Å². The monoisotopic (exact) mass is 291 g/mol. The number of benzene rings is 1. The number of ether oxygens (including phenoxy) is 1. The Morgan fingerprint density at radius 3 is 2.70 bits per heavy atom. The van der Waals surface area contributed by atoms with Gasteiger partial charge in [-0.1, -0.05) is 18.2 Å². The zero-order valence-electron chi connectivity index (χ0n) is 10.9. The average Bonchev–Trinajstić information content (AvgIpc) is 2.37. The van der Waals surface area contributed by atoms with Gasteiger partial charge in [-0.3, -0.25) is 4.79 Å². The molecule has 0 aromatic heterocycles. The quantitative estimate of drug-likeness (QED) is 0.832. The van der Waals surface area contributed by atoms with Crippen LogP contribution in [0.3, 0.4) is 0 Å². The Hall–Kier alpha value is -1.60. The maximum Gasteiger partial charge on any atom is 0.416 e. The molecule has 0 fully saturated rings. The van der Waals surface area contributed by atoms with E-state index < -0.39 is 23.7 Å². The number of carbonyl (C=O) groups is 1. The van der Waals surface area contributed by atoms with Crippen LogP contribution in [0.4, 0.5) is 13.2 Å². The second-order valence-corrected chi connectivity index (χ2v) is 4.28. The Bertz CT molecular complexity index is 449. The Morgan fingerprint density at radius 2 is 2.15 bits per heavy atom. The van der Waals surface area contributed by atoms with Crippen LogP contribution >= 0.6 is 0 Å². The van der Waals surface area contributed by atoms with Crippen LogP contribution in [0.1, 0.15) is 11.1 Å². The number of alkyl halides is 3. The molecule has 7 heteroatoms. The van der Waals surface area contributed by atoms with Crippen molar-refractivity contribution >= 4 is 5.91 Å². The van der Waals surface area contributed by atoms with Gasteiger partial charge in [0.25, 0.3) is 0 Å². The van der Waals surface area contributed by atoms with Crippen LogP contribution in [0.2, 0.25) is 0 Å². The van der Waals surface area contributed by atoms with Gasteiger partial charge >= 0.3 is 6.18 Å². The van der Waals surface area contributed by atoms with Crippen LogP contribution in [-0.2, 0) is 22.1 Å². The van der Waals surface area contributed by atoms with Gasteiger partial charge in [0.1, 0.15) is 0 Å². The predicted octanol–water partition coefficient (Wildman–Crippen LogP) is 1.37. The highest BCUT2D eigenvalue weighted by molar-refractivity contribution is 5.78. The van der Waals surface area contributed by atoms with Crippen LogP contribution in [0.15, 0.2) is 24.3 Å². The summed E-state index contributed by atoms with van der Waals surface area (Å²) in [5, 5.41) is 11.5. The van der Waals surface area contributed by atoms with E-state index in [0.717, 1.165) is 12.1 Å². The van der Waals surface area contributed by atoms with Crippen molar-refractivity contribution in [3.63, 3.8) is 0 Å². The minimum absolute atomic E-state index is 0.130. The van der Waals surface area contributed by atoms with Gasteiger partial charge in [0.15, 0.2) is 0 Å². The van der Waals surface area contributed by atoms with Crippen molar-refractivity contribution in [3.8, 4) is 0 Å². The molecule has 0 aliphatic heterocycles. The molecule has 1 unspecified atom stereocenters. The van der Waals surface area contributed by atoms with Crippen molar-refractivity contribution in [1.82, 2.24) is 5.32 Å². The van der Waals surface area contributed by atoms with E-state index in [-0.39, 0.29) is 25.2 Å². The first-order valence-electron chi connectivity index (χ1n) is 5.92. The minimum Gasteiger partial charge on any atom is -0.394 e. The van der Waals surface area contributed by atoms with Gasteiger partial charge in [0.2, 0.25) is 5.91 Å². The molecule has 0 spiro atoms. The lowest BCUT2D eigenvalue weighted by atomic mass is 10.1. The summed E-state index contributed by atoms with van der Waals surface area (Å²) < 4.78 is 42.3. The number of rotatable bonds is 6. The largest absolute Gasteiger partial charge is 0.416 e. The third-order valence-electron chi connectivity index (χ3n) is 2.57. The Morgan fingerprint density at radius 1 is 1.45 bits per heavy atom. The van der Waals surface area contributed by atoms with Crippen molar-refractivity contribution < 1.29 is 27.8 Å². The van der Waals surface area contributed by atoms with E-state index in [1.54, 1.807) is 0 Å². The van der Waals surface area contributed by atoms with Crippen LogP contribution in [-0.4, -0.2) is 37.4 Å². The highest BCUT2D eigenvalue weighted by Gasteiger charge is 2.30. The number of hydrogen-bond acceptors (Lipinski definition) is 3. The molecule has 0 aliphatic carbocycles. The third-order valence-corrected chi connectivity index (χ3v) is 2.57. The smallest absolute Gasteiger partial charge is 0.394 e. The highest BCUT2D eigenvalue weighted by Crippen LogP contribution is 2.29. The van der Waals surface area contributed by atoms with Crippen molar-refractivity contribution in [2.45, 2.75) is 18.6 Å². The molecule has 112 valence electrons. The van der Waals surface area contributed by atoms with Gasteiger partial charge < -0.3 is 15.2 Å². The second-order valence-electron chi connectivity index (χ2n) is 4.28. The van der Waals surface area contributed by atoms with Gasteiger partial charge in [-0.25, -0.2) is 0 Å². The van der Waals surface area contributed by atoms with Gasteiger partial charge in [0, 0.05) is 7.11 Å². The molecule has 0 radical (unpaired) electrons. The van der Waals surface area contributed by atoms with Crippen LogP contribution in [0, 0.1) is 0 Å². The van der Waals surface area contributed by atoms with Gasteiger partial charge in [0.05, 0.1) is 31.2 Å². The molecule has 0 bridgehead atoms. The van der Waals surface area contributed by atoms with E-state index in [1.165, 1.54) is 19.2 Å². The number of aliphatic hydroxyl groups is 1. The Balaban J connectivity index is 2.66. The molecule has 1 atom stereocenters. The third kappa shape index (κ3) is 5.18.